The van der Waals surface area contributed by atoms with Crippen molar-refractivity contribution in [3.8, 4) is 22.8 Å². The van der Waals surface area contributed by atoms with Crippen LogP contribution in [0.2, 0.25) is 0 Å². The molecule has 31 heavy (non-hydrogen) atoms. The first-order valence-electron chi connectivity index (χ1n) is 10.2. The Morgan fingerprint density at radius 1 is 1.03 bits per heavy atom. The molecule has 0 aliphatic rings. The molecule has 0 radical (unpaired) electrons. The number of halogens is 1. The summed E-state index contributed by atoms with van der Waals surface area (Å²) in [5.41, 5.74) is 1.25. The Morgan fingerprint density at radius 2 is 1.77 bits per heavy atom. The van der Waals surface area contributed by atoms with Crippen LogP contribution in [-0.4, -0.2) is 44.2 Å². The molecule has 1 N–H and O–H groups in total. The molecule has 0 saturated heterocycles. The van der Waals surface area contributed by atoms with E-state index in [1.807, 2.05) is 0 Å². The highest BCUT2D eigenvalue weighted by Crippen LogP contribution is 2.31. The summed E-state index contributed by atoms with van der Waals surface area (Å²) in [6.07, 6.45) is 0. The zero-order valence-corrected chi connectivity index (χ0v) is 18.0. The number of furan rings is 1. The van der Waals surface area contributed by atoms with Crippen LogP contribution in [0.25, 0.3) is 11.3 Å². The first-order chi connectivity index (χ1) is 15.0. The molecule has 164 valence electrons. The average Bonchev–Trinajstić information content (AvgIpc) is 3.28. The van der Waals surface area contributed by atoms with Gasteiger partial charge in [-0.05, 0) is 61.6 Å². The second-order valence-corrected chi connectivity index (χ2v) is 6.87. The SMILES string of the molecule is CCN(CC)CCOc1cc(NC(=O)c2ccc(-c3ccc(F)cc3)o2)ccc1OC. The Kier molecular flexibility index (Phi) is 7.67. The molecule has 0 spiro atoms. The van der Waals surface area contributed by atoms with Crippen LogP contribution >= 0.6 is 0 Å². The fraction of sp³-hybridized carbons (Fsp3) is 0.292. The van der Waals surface area contributed by atoms with E-state index in [9.17, 15) is 9.18 Å². The second-order valence-electron chi connectivity index (χ2n) is 6.87. The van der Waals surface area contributed by atoms with Crippen LogP contribution in [0, 0.1) is 5.82 Å². The molecule has 3 aromatic rings. The Balaban J connectivity index is 1.67. The Morgan fingerprint density at radius 3 is 2.45 bits per heavy atom. The molecular weight excluding hydrogens is 399 g/mol. The van der Waals surface area contributed by atoms with E-state index in [2.05, 4.69) is 24.1 Å². The monoisotopic (exact) mass is 426 g/mol. The summed E-state index contributed by atoms with van der Waals surface area (Å²) in [5, 5.41) is 2.81. The van der Waals surface area contributed by atoms with Crippen LogP contribution in [0.15, 0.2) is 59.0 Å². The number of hydrogen-bond donors (Lipinski definition) is 1. The molecule has 7 heteroatoms. The summed E-state index contributed by atoms with van der Waals surface area (Å²) in [4.78, 5) is 14.9. The summed E-state index contributed by atoms with van der Waals surface area (Å²) < 4.78 is 30.0. The minimum Gasteiger partial charge on any atom is -0.493 e. The van der Waals surface area contributed by atoms with Crippen molar-refractivity contribution in [3.63, 3.8) is 0 Å². The van der Waals surface area contributed by atoms with Gasteiger partial charge in [-0.1, -0.05) is 13.8 Å². The third-order valence-corrected chi connectivity index (χ3v) is 4.94. The summed E-state index contributed by atoms with van der Waals surface area (Å²) in [7, 11) is 1.57. The normalized spacial score (nSPS) is 10.9. The van der Waals surface area contributed by atoms with Crippen molar-refractivity contribution in [1.29, 1.82) is 0 Å². The van der Waals surface area contributed by atoms with Gasteiger partial charge in [0.05, 0.1) is 7.11 Å². The van der Waals surface area contributed by atoms with Crippen molar-refractivity contribution in [2.75, 3.05) is 38.7 Å². The van der Waals surface area contributed by atoms with Gasteiger partial charge >= 0.3 is 0 Å². The lowest BCUT2D eigenvalue weighted by Gasteiger charge is -2.19. The van der Waals surface area contributed by atoms with Gasteiger partial charge in [0.2, 0.25) is 0 Å². The maximum absolute atomic E-state index is 13.1. The van der Waals surface area contributed by atoms with E-state index in [-0.39, 0.29) is 11.6 Å². The predicted octanol–water partition coefficient (Wildman–Crippen LogP) is 5.07. The van der Waals surface area contributed by atoms with E-state index in [1.54, 1.807) is 49.6 Å². The number of benzene rings is 2. The zero-order chi connectivity index (χ0) is 22.2. The Hall–Kier alpha value is -3.32. The zero-order valence-electron chi connectivity index (χ0n) is 18.0. The van der Waals surface area contributed by atoms with Gasteiger partial charge in [-0.3, -0.25) is 4.79 Å². The van der Waals surface area contributed by atoms with Gasteiger partial charge in [0.1, 0.15) is 18.2 Å². The van der Waals surface area contributed by atoms with Crippen molar-refractivity contribution in [3.05, 3.63) is 66.2 Å². The van der Waals surface area contributed by atoms with Crippen molar-refractivity contribution in [2.45, 2.75) is 13.8 Å². The number of nitrogens with zero attached hydrogens (tertiary/aromatic N) is 1. The number of rotatable bonds is 10. The van der Waals surface area contributed by atoms with Crippen LogP contribution in [0.1, 0.15) is 24.4 Å². The van der Waals surface area contributed by atoms with E-state index in [0.29, 0.717) is 35.1 Å². The van der Waals surface area contributed by atoms with Crippen LogP contribution in [0.3, 0.4) is 0 Å². The molecule has 1 amide bonds. The number of anilines is 1. The summed E-state index contributed by atoms with van der Waals surface area (Å²) in [6.45, 7) is 7.43. The second kappa shape index (κ2) is 10.6. The van der Waals surface area contributed by atoms with E-state index < -0.39 is 5.91 Å². The molecule has 0 fully saturated rings. The van der Waals surface area contributed by atoms with Gasteiger partial charge in [-0.25, -0.2) is 4.39 Å². The van der Waals surface area contributed by atoms with Crippen molar-refractivity contribution < 1.29 is 23.1 Å². The number of carbonyl (C=O) groups excluding carboxylic acids is 1. The maximum Gasteiger partial charge on any atom is 0.291 e. The van der Waals surface area contributed by atoms with Gasteiger partial charge in [0.25, 0.3) is 5.91 Å². The number of methoxy groups -OCH3 is 1. The van der Waals surface area contributed by atoms with Crippen LogP contribution in [0.4, 0.5) is 10.1 Å². The topological polar surface area (TPSA) is 63.9 Å². The van der Waals surface area contributed by atoms with Gasteiger partial charge in [-0.15, -0.1) is 0 Å². The number of amides is 1. The fourth-order valence-electron chi connectivity index (χ4n) is 3.11. The van der Waals surface area contributed by atoms with E-state index >= 15 is 0 Å². The predicted molar refractivity (Wildman–Crippen MR) is 118 cm³/mol. The van der Waals surface area contributed by atoms with E-state index in [1.165, 1.54) is 12.1 Å². The largest absolute Gasteiger partial charge is 0.493 e. The maximum atomic E-state index is 13.1. The lowest BCUT2D eigenvalue weighted by atomic mass is 10.2. The summed E-state index contributed by atoms with van der Waals surface area (Å²) in [6, 6.07) is 14.3. The minimum absolute atomic E-state index is 0.152. The third-order valence-electron chi connectivity index (χ3n) is 4.94. The lowest BCUT2D eigenvalue weighted by molar-refractivity contribution is 0.0997. The molecular formula is C24H27FN2O4. The highest BCUT2D eigenvalue weighted by Gasteiger charge is 2.14. The van der Waals surface area contributed by atoms with Crippen LogP contribution < -0.4 is 14.8 Å². The highest BCUT2D eigenvalue weighted by atomic mass is 19.1. The Labute approximate surface area is 181 Å². The van der Waals surface area contributed by atoms with Crippen molar-refractivity contribution in [2.24, 2.45) is 0 Å². The molecule has 2 aromatic carbocycles. The summed E-state index contributed by atoms with van der Waals surface area (Å²) in [5.74, 6) is 1.06. The lowest BCUT2D eigenvalue weighted by Crippen LogP contribution is -2.28. The van der Waals surface area contributed by atoms with Crippen molar-refractivity contribution in [1.82, 2.24) is 4.90 Å². The molecule has 0 aliphatic carbocycles. The number of nitrogens with one attached hydrogen (secondary N) is 1. The molecule has 0 atom stereocenters. The Bertz CT molecular complexity index is 997. The van der Waals surface area contributed by atoms with E-state index in [0.717, 1.165) is 19.6 Å². The smallest absolute Gasteiger partial charge is 0.291 e. The summed E-state index contributed by atoms with van der Waals surface area (Å²) >= 11 is 0. The van der Waals surface area contributed by atoms with Gasteiger partial charge in [0, 0.05) is 23.9 Å². The standard InChI is InChI=1S/C24H27FN2O4/c1-4-27(5-2)14-15-30-23-16-19(10-11-21(23)29-3)26-24(28)22-13-12-20(31-22)17-6-8-18(25)9-7-17/h6-13,16H,4-5,14-15H2,1-3H3,(H,26,28). The minimum atomic E-state index is -0.396. The van der Waals surface area contributed by atoms with Crippen molar-refractivity contribution >= 4 is 11.6 Å². The molecule has 0 bridgehead atoms. The first-order valence-corrected chi connectivity index (χ1v) is 10.2. The number of carbonyl (C=O) groups is 1. The molecule has 0 saturated carbocycles. The third kappa shape index (κ3) is 5.86. The first kappa shape index (κ1) is 22.4. The van der Waals surface area contributed by atoms with Gasteiger partial charge in [-0.2, -0.15) is 0 Å². The van der Waals surface area contributed by atoms with Crippen LogP contribution in [-0.2, 0) is 0 Å². The number of hydrogen-bond acceptors (Lipinski definition) is 5. The molecule has 0 unspecified atom stereocenters. The molecule has 6 nitrogen and oxygen atoms in total. The van der Waals surface area contributed by atoms with Gasteiger partial charge < -0.3 is 24.1 Å². The average molecular weight is 426 g/mol. The van der Waals surface area contributed by atoms with Gasteiger partial charge in [0.15, 0.2) is 17.3 Å². The number of ether oxygens (including phenoxy) is 2. The number of likely N-dealkylation sites (N-methyl/N-ethyl adjacent to an activating group) is 1. The highest BCUT2D eigenvalue weighted by molar-refractivity contribution is 6.02. The molecule has 0 aliphatic heterocycles. The molecule has 1 heterocycles. The molecule has 1 aromatic heterocycles. The van der Waals surface area contributed by atoms with E-state index in [4.69, 9.17) is 13.9 Å². The fourth-order valence-corrected chi connectivity index (χ4v) is 3.11. The molecule has 3 rings (SSSR count). The quantitative estimate of drug-likeness (QED) is 0.491. The van der Waals surface area contributed by atoms with Crippen LogP contribution in [0.5, 0.6) is 11.5 Å².